The van der Waals surface area contributed by atoms with Crippen molar-refractivity contribution in [3.63, 3.8) is 0 Å². The van der Waals surface area contributed by atoms with Gasteiger partial charge in [-0.2, -0.15) is 0 Å². The van der Waals surface area contributed by atoms with Crippen molar-refractivity contribution in [3.8, 4) is 0 Å². The van der Waals surface area contributed by atoms with Gasteiger partial charge in [0.05, 0.1) is 12.6 Å². The van der Waals surface area contributed by atoms with Gasteiger partial charge >= 0.3 is 0 Å². The molecule has 3 atom stereocenters. The summed E-state index contributed by atoms with van der Waals surface area (Å²) in [5, 5.41) is 12.4. The highest BCUT2D eigenvalue weighted by Crippen LogP contribution is 2.20. The Labute approximate surface area is 280 Å². The second-order valence-corrected chi connectivity index (χ2v) is 12.4. The Hall–Kier alpha value is -5.10. The first-order chi connectivity index (χ1) is 22.9. The van der Waals surface area contributed by atoms with Crippen LogP contribution < -0.4 is 21.3 Å². The number of nitrogens with one attached hydrogen (secondary N) is 4. The molecule has 0 aliphatic carbocycles. The van der Waals surface area contributed by atoms with Crippen LogP contribution in [-0.2, 0) is 30.4 Å². The molecule has 5 amide bonds. The third kappa shape index (κ3) is 9.47. The predicted octanol–water partition coefficient (Wildman–Crippen LogP) is 1.29. The molecule has 0 spiro atoms. The van der Waals surface area contributed by atoms with Crippen LogP contribution in [0.15, 0.2) is 72.8 Å². The van der Waals surface area contributed by atoms with E-state index in [-0.39, 0.29) is 18.9 Å². The molecule has 12 nitrogen and oxygen atoms in total. The molecule has 3 aromatic rings. The lowest BCUT2D eigenvalue weighted by molar-refractivity contribution is -0.142. The molecule has 12 heteroatoms. The van der Waals surface area contributed by atoms with Gasteiger partial charge in [-0.3, -0.25) is 28.8 Å². The molecule has 0 bridgehead atoms. The Bertz CT molecular complexity index is 1630. The lowest BCUT2D eigenvalue weighted by Gasteiger charge is -2.32. The SMILES string of the molecule is CC(NC(=O)C(Cc1cccc2ccccc12)NC(=O)c1ccccc1)C(=O)NC(C(=O)C(=O)NCC(=O)N1CCN(C)CC1)C(C)C. The second kappa shape index (κ2) is 16.6. The maximum absolute atomic E-state index is 13.6. The number of carbonyl (C=O) groups excluding carboxylic acids is 6. The summed E-state index contributed by atoms with van der Waals surface area (Å²) in [4.78, 5) is 82.1. The summed E-state index contributed by atoms with van der Waals surface area (Å²) in [5.41, 5.74) is 1.21. The van der Waals surface area contributed by atoms with E-state index in [4.69, 9.17) is 0 Å². The van der Waals surface area contributed by atoms with Gasteiger partial charge in [-0.1, -0.05) is 74.5 Å². The summed E-state index contributed by atoms with van der Waals surface area (Å²) in [6, 6.07) is 18.6. The Balaban J connectivity index is 1.40. The molecule has 1 heterocycles. The van der Waals surface area contributed by atoms with Crippen molar-refractivity contribution < 1.29 is 28.8 Å². The van der Waals surface area contributed by atoms with E-state index in [2.05, 4.69) is 26.2 Å². The van der Waals surface area contributed by atoms with Crippen LogP contribution in [0.5, 0.6) is 0 Å². The lowest BCUT2D eigenvalue weighted by Crippen LogP contribution is -2.57. The number of piperazine rings is 1. The molecule has 1 saturated heterocycles. The summed E-state index contributed by atoms with van der Waals surface area (Å²) >= 11 is 0. The van der Waals surface area contributed by atoms with E-state index in [1.165, 1.54) is 6.92 Å². The molecule has 4 N–H and O–H groups in total. The van der Waals surface area contributed by atoms with Gasteiger partial charge < -0.3 is 31.1 Å². The molecule has 3 aromatic carbocycles. The van der Waals surface area contributed by atoms with Crippen molar-refractivity contribution in [2.45, 2.75) is 45.3 Å². The fourth-order valence-corrected chi connectivity index (χ4v) is 5.48. The lowest BCUT2D eigenvalue weighted by atomic mass is 9.97. The smallest absolute Gasteiger partial charge is 0.290 e. The van der Waals surface area contributed by atoms with Crippen LogP contribution in [0, 0.1) is 5.92 Å². The first-order valence-corrected chi connectivity index (χ1v) is 16.2. The zero-order valence-electron chi connectivity index (χ0n) is 27.8. The Morgan fingerprint density at radius 2 is 1.38 bits per heavy atom. The standard InChI is InChI=1S/C36H44N6O6/c1-23(2)31(32(44)36(48)37-22-30(43)42-19-17-41(4)18-20-42)40-33(45)24(3)38-35(47)29(39-34(46)26-12-6-5-7-13-26)21-27-15-10-14-25-11-8-9-16-28(25)27/h5-16,23-24,29,31H,17-22H2,1-4H3,(H,37,48)(H,38,47)(H,39,46)(H,40,45). The van der Waals surface area contributed by atoms with E-state index in [1.54, 1.807) is 49.1 Å². The summed E-state index contributed by atoms with van der Waals surface area (Å²) in [6.07, 6.45) is 0.153. The third-order valence-corrected chi connectivity index (χ3v) is 8.44. The van der Waals surface area contributed by atoms with Gasteiger partial charge in [0, 0.05) is 38.2 Å². The van der Waals surface area contributed by atoms with Gasteiger partial charge in [0.15, 0.2) is 0 Å². The largest absolute Gasteiger partial charge is 0.344 e. The summed E-state index contributed by atoms with van der Waals surface area (Å²) in [6.45, 7) is 6.99. The van der Waals surface area contributed by atoms with Crippen molar-refractivity contribution in [2.24, 2.45) is 5.92 Å². The number of rotatable bonds is 13. The van der Waals surface area contributed by atoms with Gasteiger partial charge in [-0.05, 0) is 48.4 Å². The predicted molar refractivity (Wildman–Crippen MR) is 182 cm³/mol. The van der Waals surface area contributed by atoms with Crippen molar-refractivity contribution in [1.29, 1.82) is 0 Å². The maximum Gasteiger partial charge on any atom is 0.290 e. The molecule has 254 valence electrons. The molecule has 0 saturated carbocycles. The molecule has 1 fully saturated rings. The monoisotopic (exact) mass is 656 g/mol. The minimum absolute atomic E-state index is 0.153. The number of ketones is 1. The van der Waals surface area contributed by atoms with Crippen LogP contribution in [-0.4, -0.2) is 103 Å². The molecular formula is C36H44N6O6. The summed E-state index contributed by atoms with van der Waals surface area (Å²) < 4.78 is 0. The summed E-state index contributed by atoms with van der Waals surface area (Å²) in [5.74, 6) is -4.36. The first kappa shape index (κ1) is 35.7. The number of nitrogens with zero attached hydrogens (tertiary/aromatic N) is 2. The molecular weight excluding hydrogens is 612 g/mol. The average molecular weight is 657 g/mol. The normalized spacial score (nSPS) is 15.2. The number of Topliss-reactive ketones (excluding diaryl/α,β-unsaturated/α-hetero) is 1. The molecule has 0 radical (unpaired) electrons. The quantitative estimate of drug-likeness (QED) is 0.202. The number of hydrogen-bond acceptors (Lipinski definition) is 7. The topological polar surface area (TPSA) is 157 Å². The zero-order valence-corrected chi connectivity index (χ0v) is 27.8. The van der Waals surface area contributed by atoms with Gasteiger partial charge in [0.25, 0.3) is 11.8 Å². The number of likely N-dealkylation sites (N-methyl/N-ethyl adjacent to an activating group) is 1. The number of benzene rings is 3. The van der Waals surface area contributed by atoms with E-state index >= 15 is 0 Å². The third-order valence-electron chi connectivity index (χ3n) is 8.44. The van der Waals surface area contributed by atoms with Crippen molar-refractivity contribution in [3.05, 3.63) is 83.9 Å². The van der Waals surface area contributed by atoms with Gasteiger partial charge in [-0.15, -0.1) is 0 Å². The van der Waals surface area contributed by atoms with Crippen molar-refractivity contribution in [2.75, 3.05) is 39.8 Å². The van der Waals surface area contributed by atoms with Crippen LogP contribution in [0.2, 0.25) is 0 Å². The Morgan fingerprint density at radius 1 is 0.729 bits per heavy atom. The number of fused-ring (bicyclic) bond motifs is 1. The maximum atomic E-state index is 13.6. The van der Waals surface area contributed by atoms with Crippen molar-refractivity contribution >= 4 is 46.1 Å². The molecule has 4 rings (SSSR count). The highest BCUT2D eigenvalue weighted by Gasteiger charge is 2.33. The average Bonchev–Trinajstić information content (AvgIpc) is 3.09. The number of carbonyl (C=O) groups is 6. The van der Waals surface area contributed by atoms with Crippen LogP contribution in [0.3, 0.4) is 0 Å². The summed E-state index contributed by atoms with van der Waals surface area (Å²) in [7, 11) is 1.96. The molecule has 48 heavy (non-hydrogen) atoms. The van der Waals surface area contributed by atoms with E-state index in [1.807, 2.05) is 49.5 Å². The highest BCUT2D eigenvalue weighted by atomic mass is 16.2. The van der Waals surface area contributed by atoms with E-state index in [0.29, 0.717) is 18.7 Å². The van der Waals surface area contributed by atoms with Crippen molar-refractivity contribution in [1.82, 2.24) is 31.1 Å². The van der Waals surface area contributed by atoms with E-state index in [9.17, 15) is 28.8 Å². The van der Waals surface area contributed by atoms with Crippen LogP contribution in [0.25, 0.3) is 10.8 Å². The Kier molecular flexibility index (Phi) is 12.4. The van der Waals surface area contributed by atoms with Crippen LogP contribution in [0.4, 0.5) is 0 Å². The van der Waals surface area contributed by atoms with Gasteiger partial charge in [0.1, 0.15) is 12.1 Å². The zero-order chi connectivity index (χ0) is 34.8. The fraction of sp³-hybridized carbons (Fsp3) is 0.389. The minimum atomic E-state index is -1.19. The van der Waals surface area contributed by atoms with Crippen LogP contribution >= 0.6 is 0 Å². The molecule has 3 unspecified atom stereocenters. The van der Waals surface area contributed by atoms with E-state index in [0.717, 1.165) is 29.4 Å². The van der Waals surface area contributed by atoms with Gasteiger partial charge in [0.2, 0.25) is 23.5 Å². The first-order valence-electron chi connectivity index (χ1n) is 16.2. The molecule has 0 aromatic heterocycles. The second-order valence-electron chi connectivity index (χ2n) is 12.4. The van der Waals surface area contributed by atoms with E-state index < -0.39 is 53.5 Å². The Morgan fingerprint density at radius 3 is 2.06 bits per heavy atom. The number of hydrogen-bond donors (Lipinski definition) is 4. The number of amides is 5. The molecule has 1 aliphatic heterocycles. The molecule has 1 aliphatic rings. The van der Waals surface area contributed by atoms with Gasteiger partial charge in [-0.25, -0.2) is 0 Å². The fourth-order valence-electron chi connectivity index (χ4n) is 5.48. The highest BCUT2D eigenvalue weighted by molar-refractivity contribution is 6.38. The minimum Gasteiger partial charge on any atom is -0.344 e. The van der Waals surface area contributed by atoms with Crippen LogP contribution in [0.1, 0.15) is 36.7 Å².